The maximum Gasteiger partial charge on any atom is 0.149 e. The average Bonchev–Trinajstić information content (AvgIpc) is 2.28. The molecule has 0 aliphatic rings. The first-order valence-electron chi connectivity index (χ1n) is 5.99. The summed E-state index contributed by atoms with van der Waals surface area (Å²) in [7, 11) is 0. The zero-order chi connectivity index (χ0) is 14.0. The lowest BCUT2D eigenvalue weighted by Gasteiger charge is -2.40. The van der Waals surface area contributed by atoms with Gasteiger partial charge in [-0.2, -0.15) is 0 Å². The van der Waals surface area contributed by atoms with Gasteiger partial charge in [-0.05, 0) is 10.8 Å². The van der Waals surface area contributed by atoms with E-state index in [1.807, 2.05) is 12.1 Å². The van der Waals surface area contributed by atoms with Crippen molar-refractivity contribution < 1.29 is 4.18 Å². The van der Waals surface area contributed by atoms with E-state index in [2.05, 4.69) is 65.0 Å². The maximum atomic E-state index is 5.65. The SMILES string of the molecule is C=Cc1cccc(C(C)(C)C(C)(C)C)c1OSS. The summed E-state index contributed by atoms with van der Waals surface area (Å²) in [5.41, 5.74) is 2.32. The van der Waals surface area contributed by atoms with Crippen molar-refractivity contribution in [1.82, 2.24) is 0 Å². The summed E-state index contributed by atoms with van der Waals surface area (Å²) in [5, 5.41) is 0. The number of rotatable bonds is 4. The summed E-state index contributed by atoms with van der Waals surface area (Å²) in [4.78, 5) is 0. The van der Waals surface area contributed by atoms with E-state index in [-0.39, 0.29) is 10.8 Å². The lowest BCUT2D eigenvalue weighted by Crippen LogP contribution is -2.34. The van der Waals surface area contributed by atoms with E-state index in [9.17, 15) is 0 Å². The van der Waals surface area contributed by atoms with Gasteiger partial charge in [0.05, 0.1) is 0 Å². The number of thiol groups is 1. The van der Waals surface area contributed by atoms with Crippen LogP contribution in [-0.2, 0) is 5.41 Å². The van der Waals surface area contributed by atoms with Crippen LogP contribution in [0.3, 0.4) is 0 Å². The smallest absolute Gasteiger partial charge is 0.149 e. The fourth-order valence-electron chi connectivity index (χ4n) is 1.74. The molecule has 0 unspecified atom stereocenters. The highest BCUT2D eigenvalue weighted by atomic mass is 33.1. The van der Waals surface area contributed by atoms with Crippen molar-refractivity contribution >= 4 is 28.8 Å². The normalized spacial score (nSPS) is 12.3. The maximum absolute atomic E-state index is 5.65. The Morgan fingerprint density at radius 3 is 2.28 bits per heavy atom. The first-order valence-corrected chi connectivity index (χ1v) is 7.79. The van der Waals surface area contributed by atoms with Crippen molar-refractivity contribution in [3.8, 4) is 5.75 Å². The third-order valence-electron chi connectivity index (χ3n) is 3.93. The molecule has 0 amide bonds. The third kappa shape index (κ3) is 2.89. The molecular weight excluding hydrogens is 260 g/mol. The van der Waals surface area contributed by atoms with Gasteiger partial charge < -0.3 is 4.18 Å². The van der Waals surface area contributed by atoms with Crippen molar-refractivity contribution in [2.75, 3.05) is 0 Å². The molecule has 0 N–H and O–H groups in total. The fourth-order valence-corrected chi connectivity index (χ4v) is 2.23. The van der Waals surface area contributed by atoms with Crippen LogP contribution in [0.4, 0.5) is 0 Å². The zero-order valence-electron chi connectivity index (χ0n) is 11.8. The van der Waals surface area contributed by atoms with E-state index in [4.69, 9.17) is 4.18 Å². The van der Waals surface area contributed by atoms with Gasteiger partial charge >= 0.3 is 0 Å². The summed E-state index contributed by atoms with van der Waals surface area (Å²) >= 11 is 5.17. The van der Waals surface area contributed by atoms with Crippen LogP contribution in [0.1, 0.15) is 45.7 Å². The molecule has 0 aromatic heterocycles. The molecule has 3 heteroatoms. The van der Waals surface area contributed by atoms with E-state index < -0.39 is 0 Å². The predicted octanol–water partition coefficient (Wildman–Crippen LogP) is 5.53. The van der Waals surface area contributed by atoms with Gasteiger partial charge in [-0.3, -0.25) is 0 Å². The van der Waals surface area contributed by atoms with Crippen molar-refractivity contribution in [2.24, 2.45) is 5.41 Å². The Morgan fingerprint density at radius 2 is 1.83 bits per heavy atom. The quantitative estimate of drug-likeness (QED) is 0.442. The van der Waals surface area contributed by atoms with Gasteiger partial charge in [0, 0.05) is 11.1 Å². The molecule has 18 heavy (non-hydrogen) atoms. The second kappa shape index (κ2) is 5.62. The molecular formula is C15H22OS2. The highest BCUT2D eigenvalue weighted by Crippen LogP contribution is 2.46. The van der Waals surface area contributed by atoms with Crippen molar-refractivity contribution in [2.45, 2.75) is 40.0 Å². The van der Waals surface area contributed by atoms with E-state index in [0.717, 1.165) is 22.4 Å². The summed E-state index contributed by atoms with van der Waals surface area (Å²) < 4.78 is 5.65. The van der Waals surface area contributed by atoms with E-state index in [0.29, 0.717) is 0 Å². The molecule has 0 aliphatic heterocycles. The highest BCUT2D eigenvalue weighted by molar-refractivity contribution is 8.66. The number of hydrogen-bond donors (Lipinski definition) is 1. The number of para-hydroxylation sites is 1. The molecule has 0 atom stereocenters. The average molecular weight is 282 g/mol. The Kier molecular flexibility index (Phi) is 4.84. The molecule has 0 bridgehead atoms. The summed E-state index contributed by atoms with van der Waals surface area (Å²) in [6.45, 7) is 15.1. The second-order valence-electron chi connectivity index (χ2n) is 5.96. The lowest BCUT2D eigenvalue weighted by molar-refractivity contribution is 0.222. The minimum absolute atomic E-state index is 0.00907. The van der Waals surface area contributed by atoms with E-state index in [1.54, 1.807) is 0 Å². The monoisotopic (exact) mass is 282 g/mol. The standard InChI is InChI=1S/C15H22OS2/c1-7-11-9-8-10-12(13(11)16-18-17)15(5,6)14(2,3)4/h7-10,17H,1H2,2-6H3. The summed E-state index contributed by atoms with van der Waals surface area (Å²) in [5.74, 6) is 0.868. The first-order chi connectivity index (χ1) is 8.25. The van der Waals surface area contributed by atoms with Gasteiger partial charge in [0.15, 0.2) is 0 Å². The van der Waals surface area contributed by atoms with E-state index in [1.165, 1.54) is 5.56 Å². The van der Waals surface area contributed by atoms with Crippen molar-refractivity contribution in [1.29, 1.82) is 0 Å². The number of benzene rings is 1. The highest BCUT2D eigenvalue weighted by Gasteiger charge is 2.37. The second-order valence-corrected chi connectivity index (χ2v) is 6.72. The van der Waals surface area contributed by atoms with Crippen molar-refractivity contribution in [3.63, 3.8) is 0 Å². The van der Waals surface area contributed by atoms with E-state index >= 15 is 0 Å². The molecule has 1 nitrogen and oxygen atoms in total. The van der Waals surface area contributed by atoms with Crippen LogP contribution in [0, 0.1) is 5.41 Å². The van der Waals surface area contributed by atoms with Crippen LogP contribution in [0.2, 0.25) is 0 Å². The molecule has 0 heterocycles. The van der Waals surface area contributed by atoms with Crippen LogP contribution in [0.5, 0.6) is 5.75 Å². The minimum Gasteiger partial charge on any atom is -0.414 e. The first kappa shape index (κ1) is 15.5. The van der Waals surface area contributed by atoms with Gasteiger partial charge in [0.1, 0.15) is 16.8 Å². The van der Waals surface area contributed by atoms with Crippen LogP contribution in [-0.4, -0.2) is 0 Å². The Hall–Kier alpha value is -0.540. The Balaban J connectivity index is 3.44. The molecule has 0 fully saturated rings. The largest absolute Gasteiger partial charge is 0.414 e. The molecule has 1 aromatic rings. The molecule has 0 saturated carbocycles. The van der Waals surface area contributed by atoms with Crippen LogP contribution >= 0.6 is 22.7 Å². The topological polar surface area (TPSA) is 9.23 Å². The van der Waals surface area contributed by atoms with Gasteiger partial charge in [-0.15, -0.1) is 0 Å². The molecule has 1 rings (SSSR count). The Morgan fingerprint density at radius 1 is 1.22 bits per heavy atom. The lowest BCUT2D eigenvalue weighted by atomic mass is 9.65. The molecule has 100 valence electrons. The molecule has 0 aliphatic carbocycles. The van der Waals surface area contributed by atoms with Crippen molar-refractivity contribution in [3.05, 3.63) is 35.9 Å². The van der Waals surface area contributed by atoms with Crippen LogP contribution in [0.15, 0.2) is 24.8 Å². The Labute approximate surface area is 120 Å². The minimum atomic E-state index is -0.00907. The van der Waals surface area contributed by atoms with Crippen LogP contribution in [0.25, 0.3) is 6.08 Å². The predicted molar refractivity (Wildman–Crippen MR) is 86.2 cm³/mol. The third-order valence-corrected chi connectivity index (χ3v) is 4.40. The Bertz CT molecular complexity index is 431. The molecule has 0 radical (unpaired) electrons. The van der Waals surface area contributed by atoms with Gasteiger partial charge in [-0.25, -0.2) is 0 Å². The van der Waals surface area contributed by atoms with Gasteiger partial charge in [-0.1, -0.05) is 77.1 Å². The fraction of sp³-hybridized carbons (Fsp3) is 0.467. The zero-order valence-corrected chi connectivity index (χ0v) is 13.5. The summed E-state index contributed by atoms with van der Waals surface area (Å²) in [6.07, 6.45) is 1.82. The van der Waals surface area contributed by atoms with Gasteiger partial charge in [0.2, 0.25) is 0 Å². The molecule has 1 aromatic carbocycles. The van der Waals surface area contributed by atoms with Gasteiger partial charge in [0.25, 0.3) is 0 Å². The molecule has 0 saturated heterocycles. The molecule has 0 spiro atoms. The summed E-state index contributed by atoms with van der Waals surface area (Å²) in [6, 6.07) is 6.18. The van der Waals surface area contributed by atoms with Crippen LogP contribution < -0.4 is 4.18 Å². The number of hydrogen-bond acceptors (Lipinski definition) is 3.